The molecule has 1 aromatic rings. The molecule has 8 nitrogen and oxygen atoms in total. The summed E-state index contributed by atoms with van der Waals surface area (Å²) in [6, 6.07) is 1.37. The summed E-state index contributed by atoms with van der Waals surface area (Å²) in [5, 5.41) is 32.0. The van der Waals surface area contributed by atoms with Crippen molar-refractivity contribution in [1.82, 2.24) is 9.78 Å². The number of ether oxygens (including phenoxy) is 1. The van der Waals surface area contributed by atoms with Gasteiger partial charge in [0.15, 0.2) is 6.23 Å². The molecular formula is C9H13N3O5. The number of nitrogens with two attached hydrogens (primary N) is 1. The highest BCUT2D eigenvalue weighted by Crippen LogP contribution is 2.28. The minimum absolute atomic E-state index is 0.0303. The zero-order chi connectivity index (χ0) is 12.6. The molecule has 0 saturated carbocycles. The highest BCUT2D eigenvalue weighted by Gasteiger charge is 2.43. The van der Waals surface area contributed by atoms with Gasteiger partial charge in [0.25, 0.3) is 5.91 Å². The first kappa shape index (κ1) is 12.0. The number of aliphatic hydroxyl groups is 3. The third-order valence-corrected chi connectivity index (χ3v) is 2.64. The number of hydrogen-bond donors (Lipinski definition) is 4. The average Bonchev–Trinajstić information content (AvgIpc) is 2.87. The average molecular weight is 243 g/mol. The van der Waals surface area contributed by atoms with E-state index in [1.165, 1.54) is 16.9 Å². The minimum Gasteiger partial charge on any atom is -0.394 e. The van der Waals surface area contributed by atoms with Crippen LogP contribution in [0.25, 0.3) is 0 Å². The lowest BCUT2D eigenvalue weighted by Gasteiger charge is -2.14. The van der Waals surface area contributed by atoms with E-state index >= 15 is 0 Å². The molecule has 1 saturated heterocycles. The van der Waals surface area contributed by atoms with Crippen molar-refractivity contribution in [3.8, 4) is 0 Å². The van der Waals surface area contributed by atoms with E-state index in [0.717, 1.165) is 0 Å². The van der Waals surface area contributed by atoms with Gasteiger partial charge >= 0.3 is 0 Å². The van der Waals surface area contributed by atoms with Gasteiger partial charge in [-0.2, -0.15) is 5.10 Å². The normalized spacial score (nSPS) is 32.9. The van der Waals surface area contributed by atoms with Gasteiger partial charge in [-0.05, 0) is 6.07 Å². The number of primary amides is 1. The van der Waals surface area contributed by atoms with Crippen molar-refractivity contribution in [3.05, 3.63) is 18.0 Å². The van der Waals surface area contributed by atoms with Crippen LogP contribution in [-0.4, -0.2) is 55.9 Å². The van der Waals surface area contributed by atoms with E-state index < -0.39 is 37.1 Å². The van der Waals surface area contributed by atoms with E-state index in [-0.39, 0.29) is 5.69 Å². The van der Waals surface area contributed by atoms with Gasteiger partial charge in [0.05, 0.1) is 6.61 Å². The fourth-order valence-electron chi connectivity index (χ4n) is 1.71. The highest BCUT2D eigenvalue weighted by molar-refractivity contribution is 5.90. The van der Waals surface area contributed by atoms with Crippen LogP contribution in [-0.2, 0) is 4.74 Å². The summed E-state index contributed by atoms with van der Waals surface area (Å²) in [6.07, 6.45) is -2.86. The fourth-order valence-corrected chi connectivity index (χ4v) is 1.71. The van der Waals surface area contributed by atoms with Gasteiger partial charge < -0.3 is 25.8 Å². The van der Waals surface area contributed by atoms with Gasteiger partial charge in [-0.3, -0.25) is 4.79 Å². The summed E-state index contributed by atoms with van der Waals surface area (Å²) in [5.74, 6) is -0.699. The number of carbonyl (C=O) groups excluding carboxylic acids is 1. The summed E-state index contributed by atoms with van der Waals surface area (Å²) >= 11 is 0. The molecule has 1 unspecified atom stereocenters. The molecule has 0 bridgehead atoms. The Kier molecular flexibility index (Phi) is 3.11. The first-order chi connectivity index (χ1) is 8.04. The van der Waals surface area contributed by atoms with Crippen LogP contribution < -0.4 is 5.73 Å². The molecule has 0 spiro atoms. The van der Waals surface area contributed by atoms with Crippen LogP contribution in [0.1, 0.15) is 16.7 Å². The molecule has 2 rings (SSSR count). The highest BCUT2D eigenvalue weighted by atomic mass is 16.6. The monoisotopic (exact) mass is 243 g/mol. The van der Waals surface area contributed by atoms with Crippen LogP contribution in [0.2, 0.25) is 0 Å². The number of nitrogens with zero attached hydrogens (tertiary/aromatic N) is 2. The minimum atomic E-state index is -1.23. The predicted molar refractivity (Wildman–Crippen MR) is 53.8 cm³/mol. The molecule has 17 heavy (non-hydrogen) atoms. The van der Waals surface area contributed by atoms with Crippen LogP contribution in [0.15, 0.2) is 12.3 Å². The molecule has 0 radical (unpaired) electrons. The SMILES string of the molecule is NC(=O)c1ccn(C2O[C@H](CO)[C@@H](O)[C@H]2O)n1. The summed E-state index contributed by atoms with van der Waals surface area (Å²) in [6.45, 7) is -0.418. The van der Waals surface area contributed by atoms with Crippen LogP contribution >= 0.6 is 0 Å². The maximum atomic E-state index is 10.8. The van der Waals surface area contributed by atoms with Crippen LogP contribution in [0.5, 0.6) is 0 Å². The van der Waals surface area contributed by atoms with E-state index in [4.69, 9.17) is 15.6 Å². The molecule has 5 N–H and O–H groups in total. The number of aromatic nitrogens is 2. The molecule has 0 aliphatic carbocycles. The van der Waals surface area contributed by atoms with Crippen LogP contribution in [0.4, 0.5) is 0 Å². The van der Waals surface area contributed by atoms with E-state index in [9.17, 15) is 15.0 Å². The Labute approximate surface area is 96.2 Å². The Hall–Kier alpha value is -1.48. The summed E-state index contributed by atoms with van der Waals surface area (Å²) in [7, 11) is 0. The van der Waals surface area contributed by atoms with Crippen molar-refractivity contribution in [3.63, 3.8) is 0 Å². The third-order valence-electron chi connectivity index (χ3n) is 2.64. The first-order valence-electron chi connectivity index (χ1n) is 5.02. The smallest absolute Gasteiger partial charge is 0.269 e. The Balaban J connectivity index is 2.19. The van der Waals surface area contributed by atoms with Gasteiger partial charge in [0.2, 0.25) is 0 Å². The standard InChI is InChI=1S/C9H13N3O5/c10-8(16)4-1-2-12(11-4)9-7(15)6(14)5(3-13)17-9/h1-2,5-7,9,13-15H,3H2,(H2,10,16)/t5-,6-,7-,9?/m1/s1. The van der Waals surface area contributed by atoms with Crippen LogP contribution in [0, 0.1) is 0 Å². The molecule has 0 aromatic carbocycles. The van der Waals surface area contributed by atoms with Crippen molar-refractivity contribution >= 4 is 5.91 Å². The number of amides is 1. The lowest BCUT2D eigenvalue weighted by Crippen LogP contribution is -2.33. The maximum Gasteiger partial charge on any atom is 0.269 e. The lowest BCUT2D eigenvalue weighted by molar-refractivity contribution is -0.0587. The van der Waals surface area contributed by atoms with Crippen molar-refractivity contribution in [2.75, 3.05) is 6.61 Å². The van der Waals surface area contributed by atoms with Gasteiger partial charge in [-0.1, -0.05) is 0 Å². The quantitative estimate of drug-likeness (QED) is 0.468. The molecule has 2 heterocycles. The molecular weight excluding hydrogens is 230 g/mol. The number of hydrogen-bond acceptors (Lipinski definition) is 6. The van der Waals surface area contributed by atoms with E-state index in [1.807, 2.05) is 0 Å². The zero-order valence-corrected chi connectivity index (χ0v) is 8.80. The number of carbonyl (C=O) groups is 1. The molecule has 1 amide bonds. The molecule has 1 fully saturated rings. The van der Waals surface area contributed by atoms with Gasteiger partial charge in [-0.15, -0.1) is 0 Å². The third kappa shape index (κ3) is 2.03. The molecule has 8 heteroatoms. The van der Waals surface area contributed by atoms with Crippen LogP contribution in [0.3, 0.4) is 0 Å². The van der Waals surface area contributed by atoms with Crippen molar-refractivity contribution in [1.29, 1.82) is 0 Å². The second-order valence-corrected chi connectivity index (χ2v) is 3.77. The van der Waals surface area contributed by atoms with Gasteiger partial charge in [-0.25, -0.2) is 4.68 Å². The Morgan fingerprint density at radius 3 is 2.71 bits per heavy atom. The Bertz CT molecular complexity index is 421. The first-order valence-corrected chi connectivity index (χ1v) is 5.02. The van der Waals surface area contributed by atoms with Gasteiger partial charge in [0.1, 0.15) is 24.0 Å². The Morgan fingerprint density at radius 2 is 2.24 bits per heavy atom. The number of aliphatic hydroxyl groups excluding tert-OH is 3. The van der Waals surface area contributed by atoms with Gasteiger partial charge in [0, 0.05) is 6.20 Å². The van der Waals surface area contributed by atoms with Crippen molar-refractivity contribution < 1.29 is 24.9 Å². The van der Waals surface area contributed by atoms with Crippen molar-refractivity contribution in [2.24, 2.45) is 5.73 Å². The maximum absolute atomic E-state index is 10.8. The predicted octanol–water partition coefficient (Wildman–Crippen LogP) is -2.41. The Morgan fingerprint density at radius 1 is 1.53 bits per heavy atom. The summed E-state index contributed by atoms with van der Waals surface area (Å²) < 4.78 is 6.40. The zero-order valence-electron chi connectivity index (χ0n) is 8.80. The molecule has 94 valence electrons. The second-order valence-electron chi connectivity index (χ2n) is 3.77. The van der Waals surface area contributed by atoms with Crippen molar-refractivity contribution in [2.45, 2.75) is 24.5 Å². The van der Waals surface area contributed by atoms with E-state index in [1.54, 1.807) is 0 Å². The topological polar surface area (TPSA) is 131 Å². The number of rotatable bonds is 3. The molecule has 1 aromatic heterocycles. The molecule has 1 aliphatic heterocycles. The lowest BCUT2D eigenvalue weighted by atomic mass is 10.1. The largest absolute Gasteiger partial charge is 0.394 e. The summed E-state index contributed by atoms with van der Waals surface area (Å²) in [5.41, 5.74) is 5.06. The van der Waals surface area contributed by atoms with E-state index in [2.05, 4.69) is 5.10 Å². The molecule has 1 aliphatic rings. The summed E-state index contributed by atoms with van der Waals surface area (Å²) in [4.78, 5) is 10.8. The van der Waals surface area contributed by atoms with E-state index in [0.29, 0.717) is 0 Å². The molecule has 4 atom stereocenters. The second kappa shape index (κ2) is 4.41. The fraction of sp³-hybridized carbons (Fsp3) is 0.556.